The molecule has 1 aromatic heterocycles. The molecule has 1 heterocycles. The minimum Gasteiger partial charge on any atom is -0.502 e. The molecule has 2 N–H and O–H groups in total. The molecule has 0 fully saturated rings. The highest BCUT2D eigenvalue weighted by Crippen LogP contribution is 2.36. The third-order valence-corrected chi connectivity index (χ3v) is 4.37. The van der Waals surface area contributed by atoms with E-state index in [2.05, 4.69) is 23.1 Å². The van der Waals surface area contributed by atoms with E-state index in [0.29, 0.717) is 18.7 Å². The average molecular weight is 315 g/mol. The first-order valence-corrected chi connectivity index (χ1v) is 7.92. The maximum Gasteiger partial charge on any atom is 0.226 e. The molecule has 0 spiro atoms. The summed E-state index contributed by atoms with van der Waals surface area (Å²) in [4.78, 5) is 13.8. The second-order valence-corrected chi connectivity index (χ2v) is 5.90. The highest BCUT2D eigenvalue weighted by Gasteiger charge is 2.27. The summed E-state index contributed by atoms with van der Waals surface area (Å²) in [6, 6.07) is 9.99. The summed E-state index contributed by atoms with van der Waals surface area (Å²) in [5, 5.41) is 18.5. The summed E-state index contributed by atoms with van der Waals surface area (Å²) < 4.78 is 5.34. The minimum atomic E-state index is -0.430. The van der Waals surface area contributed by atoms with Gasteiger partial charge in [-0.3, -0.25) is 9.69 Å². The Morgan fingerprint density at radius 2 is 2.13 bits per heavy atom. The lowest BCUT2D eigenvalue weighted by atomic mass is 10.1. The molecule has 1 aliphatic rings. The summed E-state index contributed by atoms with van der Waals surface area (Å²) in [5.41, 5.74) is 2.24. The number of aromatic hydroxyl groups is 1. The van der Waals surface area contributed by atoms with E-state index < -0.39 is 5.43 Å². The van der Waals surface area contributed by atoms with Gasteiger partial charge in [0.15, 0.2) is 5.75 Å². The van der Waals surface area contributed by atoms with Crippen LogP contribution in [0, 0.1) is 0 Å². The van der Waals surface area contributed by atoms with Crippen LogP contribution in [0.15, 0.2) is 45.8 Å². The fraction of sp³-hybridized carbons (Fsp3) is 0.389. The van der Waals surface area contributed by atoms with Crippen molar-refractivity contribution in [2.45, 2.75) is 31.8 Å². The molecule has 0 radical (unpaired) electrons. The molecule has 1 unspecified atom stereocenters. The number of hydrogen-bond acceptors (Lipinski definition) is 5. The Kier molecular flexibility index (Phi) is 4.79. The van der Waals surface area contributed by atoms with Gasteiger partial charge in [-0.1, -0.05) is 24.3 Å². The molecule has 2 aromatic rings. The fourth-order valence-electron chi connectivity index (χ4n) is 3.26. The number of aliphatic hydroxyl groups excluding tert-OH is 1. The minimum absolute atomic E-state index is 0.129. The van der Waals surface area contributed by atoms with Crippen molar-refractivity contribution in [2.75, 3.05) is 13.2 Å². The highest BCUT2D eigenvalue weighted by molar-refractivity contribution is 5.34. The molecule has 122 valence electrons. The van der Waals surface area contributed by atoms with E-state index in [4.69, 9.17) is 9.52 Å². The van der Waals surface area contributed by atoms with Crippen LogP contribution in [0.3, 0.4) is 0 Å². The van der Waals surface area contributed by atoms with Crippen molar-refractivity contribution in [2.24, 2.45) is 0 Å². The van der Waals surface area contributed by atoms with Crippen LogP contribution in [0.1, 0.15) is 35.8 Å². The second kappa shape index (κ2) is 6.98. The van der Waals surface area contributed by atoms with Crippen LogP contribution in [-0.2, 0) is 13.0 Å². The van der Waals surface area contributed by atoms with Gasteiger partial charge in [0.1, 0.15) is 12.0 Å². The van der Waals surface area contributed by atoms with Crippen molar-refractivity contribution in [1.29, 1.82) is 0 Å². The topological polar surface area (TPSA) is 73.9 Å². The normalized spacial score (nSPS) is 16.7. The van der Waals surface area contributed by atoms with E-state index in [-0.39, 0.29) is 18.4 Å². The van der Waals surface area contributed by atoms with E-state index in [1.807, 2.05) is 6.07 Å². The molecule has 0 amide bonds. The van der Waals surface area contributed by atoms with Crippen molar-refractivity contribution in [1.82, 2.24) is 4.90 Å². The van der Waals surface area contributed by atoms with Crippen LogP contribution in [-0.4, -0.2) is 28.3 Å². The summed E-state index contributed by atoms with van der Waals surface area (Å²) in [7, 11) is 0. The molecule has 23 heavy (non-hydrogen) atoms. The first kappa shape index (κ1) is 15.8. The monoisotopic (exact) mass is 315 g/mol. The molecule has 3 rings (SSSR count). The maximum absolute atomic E-state index is 11.6. The average Bonchev–Trinajstić information content (AvgIpc) is 2.99. The molecular formula is C18H21NO4. The van der Waals surface area contributed by atoms with Gasteiger partial charge in [-0.2, -0.15) is 0 Å². The predicted octanol–water partition coefficient (Wildman–Crippen LogP) is 2.22. The smallest absolute Gasteiger partial charge is 0.226 e. The van der Waals surface area contributed by atoms with Crippen molar-refractivity contribution in [3.05, 3.63) is 63.7 Å². The Balaban J connectivity index is 1.83. The first-order chi connectivity index (χ1) is 11.2. The third-order valence-electron chi connectivity index (χ3n) is 4.37. The Hall–Kier alpha value is -2.11. The zero-order chi connectivity index (χ0) is 16.2. The summed E-state index contributed by atoms with van der Waals surface area (Å²) >= 11 is 0. The Morgan fingerprint density at radius 3 is 2.91 bits per heavy atom. The van der Waals surface area contributed by atoms with Crippen LogP contribution >= 0.6 is 0 Å². The van der Waals surface area contributed by atoms with Crippen LogP contribution in [0.4, 0.5) is 0 Å². The summed E-state index contributed by atoms with van der Waals surface area (Å²) in [6.07, 6.45) is 3.81. The third kappa shape index (κ3) is 3.46. The molecule has 5 nitrogen and oxygen atoms in total. The lowest BCUT2D eigenvalue weighted by molar-refractivity contribution is 0.153. The van der Waals surface area contributed by atoms with Crippen molar-refractivity contribution < 1.29 is 14.6 Å². The highest BCUT2D eigenvalue weighted by atomic mass is 16.4. The zero-order valence-electron chi connectivity index (χ0n) is 12.9. The number of aryl methyl sites for hydroxylation is 1. The number of nitrogens with zero attached hydrogens (tertiary/aromatic N) is 1. The molecule has 0 bridgehead atoms. The standard InChI is InChI=1S/C18H21NO4/c20-9-3-8-19(11-14-10-17(21)18(22)12-23-14)16-7-6-13-4-1-2-5-15(13)16/h1-2,4-5,10,12,16,20,22H,3,6-9,11H2. The SMILES string of the molecule is O=c1cc(CN(CCCO)C2CCc3ccccc32)occ1O. The van der Waals surface area contributed by atoms with Gasteiger partial charge in [0, 0.05) is 25.3 Å². The molecule has 0 saturated carbocycles. The number of fused-ring (bicyclic) bond motifs is 1. The lowest BCUT2D eigenvalue weighted by Gasteiger charge is -2.29. The molecule has 0 aliphatic heterocycles. The summed E-state index contributed by atoms with van der Waals surface area (Å²) in [5.74, 6) is 0.150. The van der Waals surface area contributed by atoms with Crippen molar-refractivity contribution >= 4 is 0 Å². The zero-order valence-corrected chi connectivity index (χ0v) is 12.9. The van der Waals surface area contributed by atoms with Gasteiger partial charge in [-0.15, -0.1) is 0 Å². The van der Waals surface area contributed by atoms with Crippen LogP contribution < -0.4 is 5.43 Å². The van der Waals surface area contributed by atoms with Crippen LogP contribution in [0.25, 0.3) is 0 Å². The molecule has 1 aromatic carbocycles. The van der Waals surface area contributed by atoms with Gasteiger partial charge in [0.05, 0.1) is 6.54 Å². The van der Waals surface area contributed by atoms with Gasteiger partial charge >= 0.3 is 0 Å². The van der Waals surface area contributed by atoms with E-state index in [1.54, 1.807) is 0 Å². The largest absolute Gasteiger partial charge is 0.502 e. The molecule has 5 heteroatoms. The Labute approximate surface area is 134 Å². The molecular weight excluding hydrogens is 294 g/mol. The van der Waals surface area contributed by atoms with Gasteiger partial charge < -0.3 is 14.6 Å². The molecule has 0 saturated heterocycles. The fourth-order valence-corrected chi connectivity index (χ4v) is 3.26. The summed E-state index contributed by atoms with van der Waals surface area (Å²) in [6.45, 7) is 1.33. The quantitative estimate of drug-likeness (QED) is 0.855. The number of benzene rings is 1. The van der Waals surface area contributed by atoms with Gasteiger partial charge in [0.25, 0.3) is 0 Å². The van der Waals surface area contributed by atoms with Crippen molar-refractivity contribution in [3.8, 4) is 5.75 Å². The van der Waals surface area contributed by atoms with Gasteiger partial charge in [-0.05, 0) is 30.4 Å². The van der Waals surface area contributed by atoms with Crippen LogP contribution in [0.5, 0.6) is 5.75 Å². The Bertz CT molecular complexity index is 725. The lowest BCUT2D eigenvalue weighted by Crippen LogP contribution is -2.29. The van der Waals surface area contributed by atoms with E-state index in [9.17, 15) is 9.90 Å². The van der Waals surface area contributed by atoms with Gasteiger partial charge in [0.2, 0.25) is 5.43 Å². The molecule has 1 aliphatic carbocycles. The predicted molar refractivity (Wildman–Crippen MR) is 86.3 cm³/mol. The number of hydrogen-bond donors (Lipinski definition) is 2. The van der Waals surface area contributed by atoms with E-state index in [0.717, 1.165) is 25.6 Å². The maximum atomic E-state index is 11.6. The van der Waals surface area contributed by atoms with Crippen LogP contribution in [0.2, 0.25) is 0 Å². The van der Waals surface area contributed by atoms with E-state index in [1.165, 1.54) is 17.2 Å². The number of aliphatic hydroxyl groups is 1. The second-order valence-electron chi connectivity index (χ2n) is 5.90. The van der Waals surface area contributed by atoms with Crippen molar-refractivity contribution in [3.63, 3.8) is 0 Å². The van der Waals surface area contributed by atoms with Gasteiger partial charge in [-0.25, -0.2) is 0 Å². The Morgan fingerprint density at radius 1 is 1.30 bits per heavy atom. The number of rotatable bonds is 6. The van der Waals surface area contributed by atoms with E-state index >= 15 is 0 Å². The molecule has 1 atom stereocenters. The first-order valence-electron chi connectivity index (χ1n) is 7.92.